The average molecular weight is 523 g/mol. The highest BCUT2D eigenvalue weighted by Gasteiger charge is 2.29. The Balaban J connectivity index is 0.00000280. The van der Waals surface area contributed by atoms with Crippen LogP contribution in [0.2, 0.25) is 0 Å². The number of piperidine rings is 1. The molecule has 0 saturated carbocycles. The summed E-state index contributed by atoms with van der Waals surface area (Å²) in [5.41, 5.74) is 9.44. The maximum atomic E-state index is 12.9. The predicted molar refractivity (Wildman–Crippen MR) is 140 cm³/mol. The van der Waals surface area contributed by atoms with Crippen LogP contribution in [0.4, 0.5) is 11.9 Å². The standard InChI is InChI=1S/C24H26N10O2.ClH/c25-23-27-13-17(14-28-23)19-18-20(31-32-21(18)30-24(29-19)34-9-11-36-12-10-34)15-3-7-33(8-4-15)22(35)16-1-5-26-6-2-16;/h1-2,5-6,13-15H,3-4,7-12H2,(H2,25,27,28)(H,29,30,31,32);1H. The summed E-state index contributed by atoms with van der Waals surface area (Å²) in [6.45, 7) is 3.99. The molecule has 0 unspecified atom stereocenters. The Morgan fingerprint density at radius 2 is 1.73 bits per heavy atom. The first-order valence-corrected chi connectivity index (χ1v) is 12.0. The summed E-state index contributed by atoms with van der Waals surface area (Å²) in [5.74, 6) is 1.02. The highest BCUT2D eigenvalue weighted by molar-refractivity contribution is 5.95. The van der Waals surface area contributed by atoms with E-state index in [0.29, 0.717) is 56.6 Å². The van der Waals surface area contributed by atoms with Gasteiger partial charge in [0.05, 0.1) is 30.0 Å². The van der Waals surface area contributed by atoms with Gasteiger partial charge in [-0.25, -0.2) is 15.0 Å². The maximum absolute atomic E-state index is 12.9. The van der Waals surface area contributed by atoms with E-state index in [0.717, 1.165) is 35.2 Å². The van der Waals surface area contributed by atoms with Gasteiger partial charge < -0.3 is 20.3 Å². The van der Waals surface area contributed by atoms with Crippen LogP contribution in [0.25, 0.3) is 22.3 Å². The Bertz CT molecular complexity index is 1370. The SMILES string of the molecule is Cl.Nc1ncc(-c2nc(N3CCOCC3)nc3n[nH]c(C4CCN(C(=O)c5ccncc5)CC4)c23)cn1. The molecule has 12 nitrogen and oxygen atoms in total. The lowest BCUT2D eigenvalue weighted by Gasteiger charge is -2.32. The zero-order valence-electron chi connectivity index (χ0n) is 20.1. The van der Waals surface area contributed by atoms with Crippen LogP contribution in [0, 0.1) is 0 Å². The number of amides is 1. The summed E-state index contributed by atoms with van der Waals surface area (Å²) >= 11 is 0. The molecule has 4 aromatic rings. The number of hydrogen-bond acceptors (Lipinski definition) is 10. The smallest absolute Gasteiger partial charge is 0.253 e. The number of likely N-dealkylation sites (tertiary alicyclic amines) is 1. The van der Waals surface area contributed by atoms with E-state index in [1.165, 1.54) is 0 Å². The molecule has 0 aliphatic carbocycles. The molecule has 0 radical (unpaired) electrons. The van der Waals surface area contributed by atoms with Crippen LogP contribution in [-0.4, -0.2) is 85.3 Å². The number of ether oxygens (including phenoxy) is 1. The topological polar surface area (TPSA) is 152 Å². The van der Waals surface area contributed by atoms with E-state index in [2.05, 4.69) is 30.0 Å². The van der Waals surface area contributed by atoms with Crippen LogP contribution >= 0.6 is 12.4 Å². The molecular formula is C24H27ClN10O2. The Hall–Kier alpha value is -3.90. The van der Waals surface area contributed by atoms with E-state index < -0.39 is 0 Å². The molecule has 37 heavy (non-hydrogen) atoms. The fourth-order valence-corrected chi connectivity index (χ4v) is 4.85. The van der Waals surface area contributed by atoms with Crippen LogP contribution in [0.3, 0.4) is 0 Å². The summed E-state index contributed by atoms with van der Waals surface area (Å²) in [5, 5.41) is 8.67. The molecule has 2 saturated heterocycles. The second-order valence-corrected chi connectivity index (χ2v) is 8.94. The first-order valence-electron chi connectivity index (χ1n) is 12.0. The van der Waals surface area contributed by atoms with Crippen molar-refractivity contribution in [3.8, 4) is 11.3 Å². The minimum Gasteiger partial charge on any atom is -0.378 e. The van der Waals surface area contributed by atoms with Gasteiger partial charge in [0, 0.05) is 68.0 Å². The highest BCUT2D eigenvalue weighted by atomic mass is 35.5. The molecular weight excluding hydrogens is 496 g/mol. The number of nitrogen functional groups attached to an aromatic ring is 1. The minimum absolute atomic E-state index is 0. The Kier molecular flexibility index (Phi) is 7.10. The number of carbonyl (C=O) groups is 1. The van der Waals surface area contributed by atoms with E-state index >= 15 is 0 Å². The van der Waals surface area contributed by atoms with Gasteiger partial charge in [0.2, 0.25) is 11.9 Å². The summed E-state index contributed by atoms with van der Waals surface area (Å²) in [4.78, 5) is 39.0. The molecule has 2 aliphatic rings. The molecule has 6 heterocycles. The van der Waals surface area contributed by atoms with Gasteiger partial charge in [-0.3, -0.25) is 14.9 Å². The van der Waals surface area contributed by atoms with Gasteiger partial charge in [0.1, 0.15) is 0 Å². The summed E-state index contributed by atoms with van der Waals surface area (Å²) in [6, 6.07) is 3.50. The third-order valence-corrected chi connectivity index (χ3v) is 6.79. The Labute approximate surface area is 219 Å². The van der Waals surface area contributed by atoms with Gasteiger partial charge in [0.15, 0.2) is 5.65 Å². The number of nitrogens with two attached hydrogens (primary N) is 1. The lowest BCUT2D eigenvalue weighted by Crippen LogP contribution is -2.38. The number of aromatic nitrogens is 7. The molecule has 0 bridgehead atoms. The van der Waals surface area contributed by atoms with Gasteiger partial charge in [-0.15, -0.1) is 12.4 Å². The number of nitrogens with zero attached hydrogens (tertiary/aromatic N) is 8. The quantitative estimate of drug-likeness (QED) is 0.407. The summed E-state index contributed by atoms with van der Waals surface area (Å²) in [7, 11) is 0. The minimum atomic E-state index is 0. The van der Waals surface area contributed by atoms with E-state index in [1.807, 2.05) is 4.90 Å². The van der Waals surface area contributed by atoms with Crippen molar-refractivity contribution in [1.29, 1.82) is 0 Å². The number of halogens is 1. The van der Waals surface area contributed by atoms with Crippen molar-refractivity contribution in [3.63, 3.8) is 0 Å². The molecule has 1 amide bonds. The van der Waals surface area contributed by atoms with Gasteiger partial charge in [-0.05, 0) is 25.0 Å². The Morgan fingerprint density at radius 1 is 1.03 bits per heavy atom. The van der Waals surface area contributed by atoms with Crippen molar-refractivity contribution in [2.75, 3.05) is 50.0 Å². The van der Waals surface area contributed by atoms with Crippen molar-refractivity contribution < 1.29 is 9.53 Å². The number of rotatable bonds is 4. The molecule has 0 aromatic carbocycles. The predicted octanol–water partition coefficient (Wildman–Crippen LogP) is 2.07. The number of fused-ring (bicyclic) bond motifs is 1. The molecule has 2 fully saturated rings. The molecule has 13 heteroatoms. The molecule has 192 valence electrons. The highest BCUT2D eigenvalue weighted by Crippen LogP contribution is 2.36. The number of carbonyl (C=O) groups excluding carboxylic acids is 1. The molecule has 0 atom stereocenters. The van der Waals surface area contributed by atoms with Crippen LogP contribution in [0.5, 0.6) is 0 Å². The number of hydrogen-bond donors (Lipinski definition) is 2. The average Bonchev–Trinajstić information content (AvgIpc) is 3.38. The lowest BCUT2D eigenvalue weighted by atomic mass is 9.91. The third-order valence-electron chi connectivity index (χ3n) is 6.79. The number of anilines is 2. The van der Waals surface area contributed by atoms with E-state index in [1.54, 1.807) is 36.9 Å². The molecule has 6 rings (SSSR count). The van der Waals surface area contributed by atoms with E-state index in [9.17, 15) is 4.79 Å². The van der Waals surface area contributed by atoms with Crippen LogP contribution in [-0.2, 0) is 4.74 Å². The zero-order chi connectivity index (χ0) is 24.5. The number of nitrogens with one attached hydrogen (secondary N) is 1. The number of H-pyrrole nitrogens is 1. The first kappa shape index (κ1) is 24.8. The van der Waals surface area contributed by atoms with Gasteiger partial charge >= 0.3 is 0 Å². The number of morpholine rings is 1. The number of aromatic amines is 1. The normalized spacial score (nSPS) is 16.5. The van der Waals surface area contributed by atoms with E-state index in [4.69, 9.17) is 20.4 Å². The van der Waals surface area contributed by atoms with Crippen molar-refractivity contribution in [1.82, 2.24) is 40.0 Å². The maximum Gasteiger partial charge on any atom is 0.253 e. The summed E-state index contributed by atoms with van der Waals surface area (Å²) < 4.78 is 5.49. The molecule has 0 spiro atoms. The summed E-state index contributed by atoms with van der Waals surface area (Å²) in [6.07, 6.45) is 8.25. The largest absolute Gasteiger partial charge is 0.378 e. The van der Waals surface area contributed by atoms with Crippen molar-refractivity contribution in [3.05, 3.63) is 48.2 Å². The van der Waals surface area contributed by atoms with Crippen LogP contribution in [0.1, 0.15) is 34.8 Å². The second kappa shape index (κ2) is 10.6. The molecule has 3 N–H and O–H groups in total. The van der Waals surface area contributed by atoms with Crippen molar-refractivity contribution in [2.45, 2.75) is 18.8 Å². The van der Waals surface area contributed by atoms with Crippen LogP contribution in [0.15, 0.2) is 36.9 Å². The van der Waals surface area contributed by atoms with Gasteiger partial charge in [-0.1, -0.05) is 0 Å². The van der Waals surface area contributed by atoms with Crippen molar-refractivity contribution in [2.24, 2.45) is 0 Å². The molecule has 4 aromatic heterocycles. The molecule has 2 aliphatic heterocycles. The van der Waals surface area contributed by atoms with Crippen LogP contribution < -0.4 is 10.6 Å². The fourth-order valence-electron chi connectivity index (χ4n) is 4.85. The third kappa shape index (κ3) is 4.89. The lowest BCUT2D eigenvalue weighted by molar-refractivity contribution is 0.0712. The van der Waals surface area contributed by atoms with Crippen molar-refractivity contribution >= 4 is 41.2 Å². The zero-order valence-corrected chi connectivity index (χ0v) is 20.9. The van der Waals surface area contributed by atoms with Gasteiger partial charge in [0.25, 0.3) is 5.91 Å². The Morgan fingerprint density at radius 3 is 2.43 bits per heavy atom. The first-order chi connectivity index (χ1) is 17.7. The van der Waals surface area contributed by atoms with Gasteiger partial charge in [-0.2, -0.15) is 10.1 Å². The monoisotopic (exact) mass is 522 g/mol. The van der Waals surface area contributed by atoms with E-state index in [-0.39, 0.29) is 30.2 Å². The number of pyridine rings is 1. The fraction of sp³-hybridized carbons (Fsp3) is 0.375. The second-order valence-electron chi connectivity index (χ2n) is 8.94.